The topological polar surface area (TPSA) is 45.5 Å². The molecule has 2 aliphatic rings. The number of piperidine rings is 1. The summed E-state index contributed by atoms with van der Waals surface area (Å²) in [6.07, 6.45) is 2.72. The summed E-state index contributed by atoms with van der Waals surface area (Å²) in [6.45, 7) is 4.74. The van der Waals surface area contributed by atoms with Crippen LogP contribution in [0.25, 0.3) is 0 Å². The molecule has 2 bridgehead atoms. The van der Waals surface area contributed by atoms with E-state index in [2.05, 4.69) is 5.32 Å². The maximum atomic E-state index is 12.3. The molecule has 1 aromatic rings. The Balaban J connectivity index is 1.83. The molecular formula is C12H16N2O2. The standard InChI is InChI=1S/C12H16N2O2/c1-8-2-3-16-11(8)12(15)14-7-9-4-10(14)6-13-5-9/h2-3,9-10,13H,4-7H2,1H3. The first-order chi connectivity index (χ1) is 7.75. The van der Waals surface area contributed by atoms with E-state index in [1.807, 2.05) is 17.9 Å². The number of carbonyl (C=O) groups is 1. The Morgan fingerprint density at radius 1 is 1.56 bits per heavy atom. The highest BCUT2D eigenvalue weighted by molar-refractivity contribution is 5.93. The number of aryl methyl sites for hydroxylation is 1. The van der Waals surface area contributed by atoms with Crippen molar-refractivity contribution in [3.8, 4) is 0 Å². The number of fused-ring (bicyclic) bond motifs is 2. The van der Waals surface area contributed by atoms with E-state index in [1.54, 1.807) is 6.26 Å². The first-order valence-corrected chi connectivity index (χ1v) is 5.81. The van der Waals surface area contributed by atoms with Gasteiger partial charge in [0.1, 0.15) is 0 Å². The van der Waals surface area contributed by atoms with Gasteiger partial charge in [-0.1, -0.05) is 0 Å². The lowest BCUT2D eigenvalue weighted by Gasteiger charge is -2.24. The molecule has 2 fully saturated rings. The SMILES string of the molecule is Cc1ccoc1C(=O)N1CC2CNCC1C2. The van der Waals surface area contributed by atoms with E-state index in [0.29, 0.717) is 17.7 Å². The van der Waals surface area contributed by atoms with Crippen molar-refractivity contribution in [1.82, 2.24) is 10.2 Å². The molecule has 2 unspecified atom stereocenters. The lowest BCUT2D eigenvalue weighted by molar-refractivity contribution is 0.0707. The van der Waals surface area contributed by atoms with Gasteiger partial charge in [0.05, 0.1) is 6.26 Å². The maximum absolute atomic E-state index is 12.3. The van der Waals surface area contributed by atoms with Crippen molar-refractivity contribution in [2.24, 2.45) is 5.92 Å². The van der Waals surface area contributed by atoms with E-state index < -0.39 is 0 Å². The number of likely N-dealkylation sites (tertiary alicyclic amines) is 1. The molecule has 2 saturated heterocycles. The number of nitrogens with zero attached hydrogens (tertiary/aromatic N) is 1. The van der Waals surface area contributed by atoms with Gasteiger partial charge < -0.3 is 14.6 Å². The second kappa shape index (κ2) is 3.63. The van der Waals surface area contributed by atoms with E-state index >= 15 is 0 Å². The van der Waals surface area contributed by atoms with Gasteiger partial charge in [0.2, 0.25) is 0 Å². The van der Waals surface area contributed by atoms with Gasteiger partial charge in [-0.15, -0.1) is 0 Å². The van der Waals surface area contributed by atoms with E-state index in [1.165, 1.54) is 0 Å². The Morgan fingerprint density at radius 3 is 3.12 bits per heavy atom. The number of nitrogens with one attached hydrogen (secondary N) is 1. The van der Waals surface area contributed by atoms with Gasteiger partial charge in [-0.2, -0.15) is 0 Å². The average molecular weight is 220 g/mol. The summed E-state index contributed by atoms with van der Waals surface area (Å²) in [7, 11) is 0. The molecular weight excluding hydrogens is 204 g/mol. The van der Waals surface area contributed by atoms with Gasteiger partial charge in [-0.25, -0.2) is 0 Å². The van der Waals surface area contributed by atoms with Crippen LogP contribution in [0.3, 0.4) is 0 Å². The summed E-state index contributed by atoms with van der Waals surface area (Å²) >= 11 is 0. The molecule has 0 saturated carbocycles. The van der Waals surface area contributed by atoms with Crippen LogP contribution in [0.15, 0.2) is 16.7 Å². The van der Waals surface area contributed by atoms with Gasteiger partial charge in [0.25, 0.3) is 5.91 Å². The van der Waals surface area contributed by atoms with Crippen molar-refractivity contribution in [2.45, 2.75) is 19.4 Å². The molecule has 16 heavy (non-hydrogen) atoms. The van der Waals surface area contributed by atoms with E-state index in [-0.39, 0.29) is 5.91 Å². The van der Waals surface area contributed by atoms with Crippen molar-refractivity contribution in [3.05, 3.63) is 23.7 Å². The zero-order chi connectivity index (χ0) is 11.1. The first kappa shape index (κ1) is 9.90. The Labute approximate surface area is 94.6 Å². The second-order valence-corrected chi connectivity index (χ2v) is 4.80. The fourth-order valence-electron chi connectivity index (χ4n) is 2.78. The first-order valence-electron chi connectivity index (χ1n) is 5.81. The van der Waals surface area contributed by atoms with Crippen molar-refractivity contribution >= 4 is 5.91 Å². The van der Waals surface area contributed by atoms with Crippen LogP contribution in [0.2, 0.25) is 0 Å². The zero-order valence-corrected chi connectivity index (χ0v) is 9.40. The number of hydrogen-bond acceptors (Lipinski definition) is 3. The van der Waals surface area contributed by atoms with Gasteiger partial charge in [-0.3, -0.25) is 4.79 Å². The van der Waals surface area contributed by atoms with Crippen molar-refractivity contribution < 1.29 is 9.21 Å². The maximum Gasteiger partial charge on any atom is 0.290 e. The zero-order valence-electron chi connectivity index (χ0n) is 9.40. The minimum absolute atomic E-state index is 0.0544. The third-order valence-electron chi connectivity index (χ3n) is 3.63. The van der Waals surface area contributed by atoms with Crippen LogP contribution in [0.4, 0.5) is 0 Å². The predicted molar refractivity (Wildman–Crippen MR) is 59.2 cm³/mol. The van der Waals surface area contributed by atoms with Gasteiger partial charge in [0.15, 0.2) is 5.76 Å². The molecule has 0 aromatic carbocycles. The number of hydrogen-bond donors (Lipinski definition) is 1. The Kier molecular flexibility index (Phi) is 2.24. The number of rotatable bonds is 1. The molecule has 1 amide bonds. The van der Waals surface area contributed by atoms with Crippen LogP contribution in [-0.4, -0.2) is 36.5 Å². The van der Waals surface area contributed by atoms with Crippen molar-refractivity contribution in [2.75, 3.05) is 19.6 Å². The molecule has 0 aliphatic carbocycles. The summed E-state index contributed by atoms with van der Waals surface area (Å²) in [5.74, 6) is 1.18. The quantitative estimate of drug-likeness (QED) is 0.768. The Bertz CT molecular complexity index is 413. The summed E-state index contributed by atoms with van der Waals surface area (Å²) in [4.78, 5) is 14.2. The fraction of sp³-hybridized carbons (Fsp3) is 0.583. The highest BCUT2D eigenvalue weighted by atomic mass is 16.3. The molecule has 4 heteroatoms. The third kappa shape index (κ3) is 1.45. The minimum Gasteiger partial charge on any atom is -0.459 e. The van der Waals surface area contributed by atoms with Gasteiger partial charge in [-0.05, 0) is 31.9 Å². The number of amides is 1. The minimum atomic E-state index is 0.0544. The lowest BCUT2D eigenvalue weighted by Crippen LogP contribution is -2.41. The smallest absolute Gasteiger partial charge is 0.290 e. The second-order valence-electron chi connectivity index (χ2n) is 4.80. The number of furan rings is 1. The fourth-order valence-corrected chi connectivity index (χ4v) is 2.78. The van der Waals surface area contributed by atoms with Crippen molar-refractivity contribution in [3.63, 3.8) is 0 Å². The molecule has 3 heterocycles. The van der Waals surface area contributed by atoms with Crippen LogP contribution < -0.4 is 5.32 Å². The van der Waals surface area contributed by atoms with Crippen LogP contribution in [-0.2, 0) is 0 Å². The average Bonchev–Trinajstić information content (AvgIpc) is 2.82. The Hall–Kier alpha value is -1.29. The van der Waals surface area contributed by atoms with Crippen LogP contribution >= 0.6 is 0 Å². The largest absolute Gasteiger partial charge is 0.459 e. The Morgan fingerprint density at radius 2 is 2.44 bits per heavy atom. The monoisotopic (exact) mass is 220 g/mol. The predicted octanol–water partition coefficient (Wildman–Crippen LogP) is 1.02. The summed E-state index contributed by atoms with van der Waals surface area (Å²) in [6, 6.07) is 2.20. The molecule has 2 aliphatic heterocycles. The normalized spacial score (nSPS) is 28.4. The lowest BCUT2D eigenvalue weighted by atomic mass is 10.0. The van der Waals surface area contributed by atoms with E-state index in [9.17, 15) is 4.79 Å². The van der Waals surface area contributed by atoms with Crippen molar-refractivity contribution in [1.29, 1.82) is 0 Å². The molecule has 1 N–H and O–H groups in total. The molecule has 3 rings (SSSR count). The van der Waals surface area contributed by atoms with Gasteiger partial charge in [0, 0.05) is 24.7 Å². The highest BCUT2D eigenvalue weighted by Gasteiger charge is 2.39. The van der Waals surface area contributed by atoms with Crippen LogP contribution in [0.1, 0.15) is 22.5 Å². The van der Waals surface area contributed by atoms with Gasteiger partial charge >= 0.3 is 0 Å². The highest BCUT2D eigenvalue weighted by Crippen LogP contribution is 2.27. The van der Waals surface area contributed by atoms with Crippen LogP contribution in [0.5, 0.6) is 0 Å². The third-order valence-corrected chi connectivity index (χ3v) is 3.63. The molecule has 1 aromatic heterocycles. The molecule has 86 valence electrons. The number of carbonyl (C=O) groups excluding carboxylic acids is 1. The molecule has 0 spiro atoms. The molecule has 4 nitrogen and oxygen atoms in total. The van der Waals surface area contributed by atoms with E-state index in [0.717, 1.165) is 31.6 Å². The summed E-state index contributed by atoms with van der Waals surface area (Å²) < 4.78 is 5.28. The van der Waals surface area contributed by atoms with Crippen LogP contribution in [0, 0.1) is 12.8 Å². The molecule has 2 atom stereocenters. The summed E-state index contributed by atoms with van der Waals surface area (Å²) in [5, 5.41) is 3.37. The summed E-state index contributed by atoms with van der Waals surface area (Å²) in [5.41, 5.74) is 0.930. The molecule has 0 radical (unpaired) electrons. The van der Waals surface area contributed by atoms with E-state index in [4.69, 9.17) is 4.42 Å².